The Hall–Kier alpha value is -1.68. The molecular formula is C24H24Cl2P2. The molecule has 0 unspecified atom stereocenters. The van der Waals surface area contributed by atoms with Gasteiger partial charge in [-0.3, -0.25) is 0 Å². The van der Waals surface area contributed by atoms with E-state index in [1.807, 2.05) is 0 Å². The van der Waals surface area contributed by atoms with Crippen molar-refractivity contribution in [3.63, 3.8) is 0 Å². The molecule has 144 valence electrons. The predicted octanol–water partition coefficient (Wildman–Crippen LogP) is 5.48. The Morgan fingerprint density at radius 3 is 0.643 bits per heavy atom. The molecule has 0 spiro atoms. The minimum absolute atomic E-state index is 0. The zero-order valence-electron chi connectivity index (χ0n) is 15.4. The first-order valence-corrected chi connectivity index (χ1v) is 10.6. The molecule has 0 fully saturated rings. The van der Waals surface area contributed by atoms with Gasteiger partial charge in [-0.1, -0.05) is 138 Å². The highest BCUT2D eigenvalue weighted by Gasteiger charge is 1.93. The van der Waals surface area contributed by atoms with Crippen LogP contribution in [0, 0.1) is 0 Å². The van der Waals surface area contributed by atoms with E-state index in [9.17, 15) is 0 Å². The summed E-state index contributed by atoms with van der Waals surface area (Å²) < 4.78 is 0. The van der Waals surface area contributed by atoms with Crippen LogP contribution in [0.2, 0.25) is 0 Å². The second-order valence-corrected chi connectivity index (χ2v) is 8.52. The molecule has 4 aromatic rings. The molecule has 0 N–H and O–H groups in total. The summed E-state index contributed by atoms with van der Waals surface area (Å²) in [6.07, 6.45) is 0. The highest BCUT2D eigenvalue weighted by atomic mass is 35.5. The van der Waals surface area contributed by atoms with Crippen molar-refractivity contribution in [2.75, 3.05) is 0 Å². The summed E-state index contributed by atoms with van der Waals surface area (Å²) in [5, 5.41) is 5.59. The standard InChI is InChI=1S/2C12H11P.2ClH/c2*1-3-7-11(8-4-1)13-12-9-5-2-6-10-12;;/h2*1-10,13H;2*1H. The van der Waals surface area contributed by atoms with Crippen LogP contribution in [0.5, 0.6) is 0 Å². The van der Waals surface area contributed by atoms with E-state index in [0.29, 0.717) is 0 Å². The van der Waals surface area contributed by atoms with Crippen LogP contribution in [0.4, 0.5) is 0 Å². The summed E-state index contributed by atoms with van der Waals surface area (Å²) in [4.78, 5) is 0. The third-order valence-electron chi connectivity index (χ3n) is 3.67. The first-order chi connectivity index (χ1) is 12.9. The largest absolute Gasteiger partial charge is 0.147 e. The maximum absolute atomic E-state index is 2.17. The van der Waals surface area contributed by atoms with E-state index in [4.69, 9.17) is 0 Å². The van der Waals surface area contributed by atoms with Crippen LogP contribution < -0.4 is 21.2 Å². The van der Waals surface area contributed by atoms with Crippen molar-refractivity contribution in [2.24, 2.45) is 0 Å². The normalized spacial score (nSPS) is 9.14. The first-order valence-electron chi connectivity index (χ1n) is 8.64. The molecule has 0 heterocycles. The minimum atomic E-state index is 0. The van der Waals surface area contributed by atoms with Gasteiger partial charge in [-0.2, -0.15) is 0 Å². The van der Waals surface area contributed by atoms with Crippen molar-refractivity contribution in [1.29, 1.82) is 0 Å². The zero-order valence-corrected chi connectivity index (χ0v) is 19.0. The number of rotatable bonds is 4. The van der Waals surface area contributed by atoms with Crippen molar-refractivity contribution in [1.82, 2.24) is 0 Å². The number of benzene rings is 4. The van der Waals surface area contributed by atoms with Crippen molar-refractivity contribution in [3.8, 4) is 0 Å². The molecule has 0 amide bonds. The molecule has 0 saturated carbocycles. The molecule has 4 aromatic carbocycles. The summed E-state index contributed by atoms with van der Waals surface area (Å²) in [5.74, 6) is 0. The SMILES string of the molecule is Cl.Cl.c1ccc(Pc2ccccc2)cc1.c1ccc(Pc2ccccc2)cc1. The van der Waals surface area contributed by atoms with Gasteiger partial charge in [0.05, 0.1) is 0 Å². The van der Waals surface area contributed by atoms with Crippen molar-refractivity contribution < 1.29 is 0 Å². The Kier molecular flexibility index (Phi) is 12.5. The summed E-state index contributed by atoms with van der Waals surface area (Å²) in [6.45, 7) is 0. The molecule has 0 aliphatic rings. The second-order valence-electron chi connectivity index (χ2n) is 5.71. The molecule has 0 nitrogen and oxygen atoms in total. The predicted molar refractivity (Wildman–Crippen MR) is 135 cm³/mol. The van der Waals surface area contributed by atoms with E-state index >= 15 is 0 Å². The lowest BCUT2D eigenvalue weighted by molar-refractivity contribution is 1.76. The van der Waals surface area contributed by atoms with Crippen LogP contribution >= 0.6 is 42.0 Å². The fourth-order valence-corrected chi connectivity index (χ4v) is 4.52. The van der Waals surface area contributed by atoms with Gasteiger partial charge in [-0.25, -0.2) is 0 Å². The summed E-state index contributed by atoms with van der Waals surface area (Å²) in [6, 6.07) is 42.3. The smallest absolute Gasteiger partial charge is 0.0226 e. The molecule has 0 aromatic heterocycles. The molecule has 4 rings (SSSR count). The van der Waals surface area contributed by atoms with E-state index < -0.39 is 0 Å². The zero-order chi connectivity index (χ0) is 17.9. The third-order valence-corrected chi connectivity index (χ3v) is 6.16. The molecule has 0 bridgehead atoms. The van der Waals surface area contributed by atoms with Gasteiger partial charge in [0.25, 0.3) is 0 Å². The molecule has 0 aliphatic carbocycles. The van der Waals surface area contributed by atoms with Gasteiger partial charge in [0.2, 0.25) is 0 Å². The van der Waals surface area contributed by atoms with Gasteiger partial charge in [0.15, 0.2) is 0 Å². The number of halogens is 2. The Labute approximate surface area is 184 Å². The fraction of sp³-hybridized carbons (Fsp3) is 0. The number of hydrogen-bond acceptors (Lipinski definition) is 0. The van der Waals surface area contributed by atoms with E-state index in [1.165, 1.54) is 21.2 Å². The molecule has 28 heavy (non-hydrogen) atoms. The minimum Gasteiger partial charge on any atom is -0.147 e. The van der Waals surface area contributed by atoms with E-state index in [1.54, 1.807) is 0 Å². The van der Waals surface area contributed by atoms with E-state index in [0.717, 1.165) is 17.2 Å². The van der Waals surface area contributed by atoms with Crippen LogP contribution in [0.1, 0.15) is 0 Å². The fourth-order valence-electron chi connectivity index (χ4n) is 2.42. The highest BCUT2D eigenvalue weighted by molar-refractivity contribution is 7.55. The van der Waals surface area contributed by atoms with Crippen LogP contribution in [0.3, 0.4) is 0 Å². The van der Waals surface area contributed by atoms with Crippen LogP contribution in [-0.4, -0.2) is 0 Å². The Bertz CT molecular complexity index is 719. The highest BCUT2D eigenvalue weighted by Crippen LogP contribution is 2.09. The van der Waals surface area contributed by atoms with E-state index in [-0.39, 0.29) is 24.8 Å². The molecule has 0 radical (unpaired) electrons. The third kappa shape index (κ3) is 9.01. The molecular weight excluding hydrogens is 421 g/mol. The molecule has 4 heteroatoms. The van der Waals surface area contributed by atoms with Crippen LogP contribution in [-0.2, 0) is 0 Å². The van der Waals surface area contributed by atoms with Crippen LogP contribution in [0.25, 0.3) is 0 Å². The van der Waals surface area contributed by atoms with Gasteiger partial charge in [0, 0.05) is 0 Å². The first kappa shape index (κ1) is 24.4. The Balaban J connectivity index is 0.000000261. The van der Waals surface area contributed by atoms with E-state index in [2.05, 4.69) is 121 Å². The lowest BCUT2D eigenvalue weighted by atomic mass is 10.4. The lowest BCUT2D eigenvalue weighted by Crippen LogP contribution is -2.01. The van der Waals surface area contributed by atoms with Gasteiger partial charge in [-0.05, 0) is 21.2 Å². The van der Waals surface area contributed by atoms with Gasteiger partial charge in [0.1, 0.15) is 0 Å². The summed E-state index contributed by atoms with van der Waals surface area (Å²) in [7, 11) is 1.55. The topological polar surface area (TPSA) is 0 Å². The average Bonchev–Trinajstić information content (AvgIpc) is 2.72. The quantitative estimate of drug-likeness (QED) is 0.365. The van der Waals surface area contributed by atoms with Crippen molar-refractivity contribution in [3.05, 3.63) is 121 Å². The van der Waals surface area contributed by atoms with Crippen molar-refractivity contribution >= 4 is 63.2 Å². The van der Waals surface area contributed by atoms with Crippen molar-refractivity contribution in [2.45, 2.75) is 0 Å². The van der Waals surface area contributed by atoms with Crippen LogP contribution in [0.15, 0.2) is 121 Å². The second kappa shape index (κ2) is 14.3. The maximum Gasteiger partial charge on any atom is -0.0226 e. The lowest BCUT2D eigenvalue weighted by Gasteiger charge is -2.00. The maximum atomic E-state index is 2.17. The Morgan fingerprint density at radius 1 is 0.286 bits per heavy atom. The summed E-state index contributed by atoms with van der Waals surface area (Å²) >= 11 is 0. The molecule has 0 atom stereocenters. The van der Waals surface area contributed by atoms with Gasteiger partial charge >= 0.3 is 0 Å². The van der Waals surface area contributed by atoms with Gasteiger partial charge < -0.3 is 0 Å². The Morgan fingerprint density at radius 2 is 0.464 bits per heavy atom. The molecule has 0 saturated heterocycles. The monoisotopic (exact) mass is 444 g/mol. The van der Waals surface area contributed by atoms with Gasteiger partial charge in [-0.15, -0.1) is 24.8 Å². The summed E-state index contributed by atoms with van der Waals surface area (Å²) in [5.41, 5.74) is 0. The number of hydrogen-bond donors (Lipinski definition) is 0. The average molecular weight is 445 g/mol. The molecule has 0 aliphatic heterocycles.